The van der Waals surface area contributed by atoms with Gasteiger partial charge in [-0.3, -0.25) is 4.79 Å². The van der Waals surface area contributed by atoms with E-state index in [4.69, 9.17) is 14.7 Å². The topological polar surface area (TPSA) is 85.6 Å². The number of piperazine rings is 1. The SMILES string of the molecule is C=CC(=O)N1CCN(c2nc(OC[C@@H]3CCCN3C)nc3cc(-c4cccc5c4SCCC5)ccc23)C[C@@H]1CC#N. The molecule has 6 rings (SSSR count). The number of hydrogen-bond donors (Lipinski definition) is 0. The smallest absolute Gasteiger partial charge is 0.319 e. The summed E-state index contributed by atoms with van der Waals surface area (Å²) in [5.74, 6) is 1.78. The number of carbonyl (C=O) groups excluding carboxylic acids is 1. The third kappa shape index (κ3) is 5.64. The Labute approximate surface area is 246 Å². The number of hydrogen-bond acceptors (Lipinski definition) is 8. The summed E-state index contributed by atoms with van der Waals surface area (Å²) in [6, 6.07) is 15.8. The molecule has 41 heavy (non-hydrogen) atoms. The van der Waals surface area contributed by atoms with Gasteiger partial charge < -0.3 is 19.4 Å². The second-order valence-electron chi connectivity index (χ2n) is 11.1. The number of anilines is 1. The van der Waals surface area contributed by atoms with Crippen LogP contribution in [-0.2, 0) is 11.2 Å². The summed E-state index contributed by atoms with van der Waals surface area (Å²) in [6.07, 6.45) is 6.18. The predicted octanol–water partition coefficient (Wildman–Crippen LogP) is 4.92. The highest BCUT2D eigenvalue weighted by Gasteiger charge is 2.31. The summed E-state index contributed by atoms with van der Waals surface area (Å²) >= 11 is 1.94. The molecule has 0 spiro atoms. The van der Waals surface area contributed by atoms with Gasteiger partial charge in [-0.15, -0.1) is 11.8 Å². The van der Waals surface area contributed by atoms with Crippen LogP contribution in [0.1, 0.15) is 31.2 Å². The number of benzene rings is 2. The molecule has 2 atom stereocenters. The number of nitriles is 1. The fourth-order valence-electron chi connectivity index (χ4n) is 6.28. The van der Waals surface area contributed by atoms with Crippen molar-refractivity contribution in [1.82, 2.24) is 19.8 Å². The van der Waals surface area contributed by atoms with E-state index in [1.807, 2.05) is 11.8 Å². The first kappa shape index (κ1) is 27.6. The maximum atomic E-state index is 12.5. The van der Waals surface area contributed by atoms with E-state index >= 15 is 0 Å². The molecule has 1 amide bonds. The first-order chi connectivity index (χ1) is 20.1. The summed E-state index contributed by atoms with van der Waals surface area (Å²) in [7, 11) is 2.14. The summed E-state index contributed by atoms with van der Waals surface area (Å²) in [5, 5.41) is 10.4. The van der Waals surface area contributed by atoms with Crippen molar-refractivity contribution in [2.24, 2.45) is 0 Å². The van der Waals surface area contributed by atoms with Gasteiger partial charge in [0.05, 0.1) is 24.0 Å². The molecule has 3 aliphatic rings. The van der Waals surface area contributed by atoms with E-state index < -0.39 is 0 Å². The molecule has 2 aromatic carbocycles. The van der Waals surface area contributed by atoms with Crippen LogP contribution in [-0.4, -0.2) is 83.3 Å². The number of aromatic nitrogens is 2. The minimum Gasteiger partial charge on any atom is -0.462 e. The maximum absolute atomic E-state index is 12.5. The highest BCUT2D eigenvalue weighted by Crippen LogP contribution is 2.40. The van der Waals surface area contributed by atoms with Crippen molar-refractivity contribution < 1.29 is 9.53 Å². The molecule has 0 aliphatic carbocycles. The molecule has 2 fully saturated rings. The molecule has 0 N–H and O–H groups in total. The van der Waals surface area contributed by atoms with Crippen LogP contribution in [0.5, 0.6) is 6.01 Å². The number of aryl methyl sites for hydroxylation is 1. The Morgan fingerprint density at radius 3 is 2.90 bits per heavy atom. The standard InChI is InChI=1S/C32H36N6O2S/c1-3-29(39)38-17-16-37(20-24(38)13-14-33)31-27-12-11-23(26-10-4-7-22-8-6-18-41-30(22)26)19-28(27)34-32(35-31)40-21-25-9-5-15-36(25)2/h3-4,7,10-12,19,24-25H,1,5-6,8-9,13,15-18,20-21H2,2H3/t24-,25-/m0/s1. The lowest BCUT2D eigenvalue weighted by atomic mass is 9.99. The zero-order valence-electron chi connectivity index (χ0n) is 23.6. The Balaban J connectivity index is 1.38. The molecule has 1 aromatic heterocycles. The third-order valence-corrected chi connectivity index (χ3v) is 9.81. The largest absolute Gasteiger partial charge is 0.462 e. The predicted molar refractivity (Wildman–Crippen MR) is 163 cm³/mol. The van der Waals surface area contributed by atoms with Gasteiger partial charge in [-0.05, 0) is 79.9 Å². The summed E-state index contributed by atoms with van der Waals surface area (Å²) in [4.78, 5) is 30.0. The second kappa shape index (κ2) is 12.1. The molecule has 0 saturated carbocycles. The van der Waals surface area contributed by atoms with Gasteiger partial charge in [-0.25, -0.2) is 0 Å². The lowest BCUT2D eigenvalue weighted by molar-refractivity contribution is -0.128. The Morgan fingerprint density at radius 1 is 1.20 bits per heavy atom. The molecule has 2 saturated heterocycles. The van der Waals surface area contributed by atoms with E-state index in [0.717, 1.165) is 47.4 Å². The van der Waals surface area contributed by atoms with Gasteiger partial charge >= 0.3 is 6.01 Å². The average Bonchev–Trinajstić information content (AvgIpc) is 3.43. The van der Waals surface area contributed by atoms with Gasteiger partial charge in [0.2, 0.25) is 5.91 Å². The lowest BCUT2D eigenvalue weighted by Crippen LogP contribution is -2.55. The van der Waals surface area contributed by atoms with Crippen LogP contribution in [0.15, 0.2) is 53.9 Å². The number of amides is 1. The number of nitrogens with zero attached hydrogens (tertiary/aromatic N) is 6. The molecular formula is C32H36N6O2S. The fourth-order valence-corrected chi connectivity index (χ4v) is 7.47. The van der Waals surface area contributed by atoms with E-state index in [9.17, 15) is 10.1 Å². The van der Waals surface area contributed by atoms with Gasteiger partial charge in [-0.1, -0.05) is 30.8 Å². The highest BCUT2D eigenvalue weighted by molar-refractivity contribution is 7.99. The van der Waals surface area contributed by atoms with E-state index in [0.29, 0.717) is 38.3 Å². The van der Waals surface area contributed by atoms with Crippen molar-refractivity contribution in [3.8, 4) is 23.2 Å². The Morgan fingerprint density at radius 2 is 2.10 bits per heavy atom. The van der Waals surface area contributed by atoms with E-state index in [1.54, 1.807) is 4.90 Å². The monoisotopic (exact) mass is 568 g/mol. The zero-order chi connectivity index (χ0) is 28.3. The van der Waals surface area contributed by atoms with Crippen LogP contribution >= 0.6 is 11.8 Å². The normalized spacial score (nSPS) is 21.0. The molecule has 3 aliphatic heterocycles. The van der Waals surface area contributed by atoms with Crippen molar-refractivity contribution in [2.45, 2.75) is 49.1 Å². The number of ether oxygens (including phenoxy) is 1. The molecule has 3 aromatic rings. The maximum Gasteiger partial charge on any atom is 0.319 e. The van der Waals surface area contributed by atoms with Crippen LogP contribution in [0.2, 0.25) is 0 Å². The van der Waals surface area contributed by atoms with E-state index in [1.165, 1.54) is 34.9 Å². The van der Waals surface area contributed by atoms with Gasteiger partial charge in [0.25, 0.3) is 0 Å². The molecule has 4 heterocycles. The number of thioether (sulfide) groups is 1. The first-order valence-corrected chi connectivity index (χ1v) is 15.5. The van der Waals surface area contributed by atoms with Crippen LogP contribution in [0.4, 0.5) is 5.82 Å². The number of likely N-dealkylation sites (tertiary alicyclic amines) is 1. The molecule has 0 radical (unpaired) electrons. The van der Waals surface area contributed by atoms with Crippen molar-refractivity contribution >= 4 is 34.4 Å². The van der Waals surface area contributed by atoms with Gasteiger partial charge in [0, 0.05) is 36.0 Å². The Hall–Kier alpha value is -3.61. The Kier molecular flexibility index (Phi) is 8.13. The number of carbonyl (C=O) groups is 1. The summed E-state index contributed by atoms with van der Waals surface area (Å²) in [6.45, 7) is 6.88. The van der Waals surface area contributed by atoms with Crippen molar-refractivity contribution in [3.63, 3.8) is 0 Å². The van der Waals surface area contributed by atoms with Crippen molar-refractivity contribution in [3.05, 3.63) is 54.6 Å². The molecule has 212 valence electrons. The fraction of sp³-hybridized carbons (Fsp3) is 0.438. The Bertz CT molecular complexity index is 1500. The zero-order valence-corrected chi connectivity index (χ0v) is 24.4. The molecule has 9 heteroatoms. The van der Waals surface area contributed by atoms with Crippen LogP contribution in [0.3, 0.4) is 0 Å². The number of fused-ring (bicyclic) bond motifs is 2. The highest BCUT2D eigenvalue weighted by atomic mass is 32.2. The molecule has 0 unspecified atom stereocenters. The van der Waals surface area contributed by atoms with Crippen molar-refractivity contribution in [2.75, 3.05) is 50.5 Å². The first-order valence-electron chi connectivity index (χ1n) is 14.5. The molecule has 0 bridgehead atoms. The quantitative estimate of drug-likeness (QED) is 0.371. The molecular weight excluding hydrogens is 532 g/mol. The van der Waals surface area contributed by atoms with E-state index in [-0.39, 0.29) is 18.4 Å². The van der Waals surface area contributed by atoms with Crippen LogP contribution in [0.25, 0.3) is 22.0 Å². The summed E-state index contributed by atoms with van der Waals surface area (Å²) < 4.78 is 6.26. The van der Waals surface area contributed by atoms with Crippen LogP contribution < -0.4 is 9.64 Å². The van der Waals surface area contributed by atoms with Gasteiger partial charge in [0.1, 0.15) is 12.4 Å². The number of likely N-dealkylation sites (N-methyl/N-ethyl adjacent to an activating group) is 1. The van der Waals surface area contributed by atoms with Crippen LogP contribution in [0, 0.1) is 11.3 Å². The summed E-state index contributed by atoms with van der Waals surface area (Å²) in [5.41, 5.74) is 4.64. The lowest BCUT2D eigenvalue weighted by Gasteiger charge is -2.41. The van der Waals surface area contributed by atoms with E-state index in [2.05, 4.69) is 65.9 Å². The van der Waals surface area contributed by atoms with Crippen molar-refractivity contribution in [1.29, 1.82) is 5.26 Å². The van der Waals surface area contributed by atoms with Gasteiger partial charge in [-0.2, -0.15) is 15.2 Å². The minimum absolute atomic E-state index is 0.143. The molecule has 8 nitrogen and oxygen atoms in total. The average molecular weight is 569 g/mol. The number of rotatable bonds is 7. The second-order valence-corrected chi connectivity index (χ2v) is 12.2. The third-order valence-electron chi connectivity index (χ3n) is 8.54. The van der Waals surface area contributed by atoms with Gasteiger partial charge in [0.15, 0.2) is 0 Å². The minimum atomic E-state index is -0.243.